The number of carbonyl (C=O) groups is 2. The second-order valence-corrected chi connectivity index (χ2v) is 5.16. The van der Waals surface area contributed by atoms with Gasteiger partial charge in [-0.3, -0.25) is 9.59 Å². The fraction of sp³-hybridized carbons (Fsp3) is 0.500. The summed E-state index contributed by atoms with van der Waals surface area (Å²) in [6, 6.07) is 1.18. The predicted molar refractivity (Wildman–Crippen MR) is 75.7 cm³/mol. The average Bonchev–Trinajstić information content (AvgIpc) is 2.52. The number of nitrogens with zero attached hydrogens (tertiary/aromatic N) is 2. The molecule has 0 bridgehead atoms. The van der Waals surface area contributed by atoms with Gasteiger partial charge in [-0.2, -0.15) is 13.2 Å². The largest absolute Gasteiger partial charge is 0.433 e. The fourth-order valence-electron chi connectivity index (χ4n) is 2.45. The maximum Gasteiger partial charge on any atom is 0.433 e. The fourth-order valence-corrected chi connectivity index (χ4v) is 2.45. The molecular formula is C14H17F3N4O2. The molecule has 1 unspecified atom stereocenters. The first-order valence-corrected chi connectivity index (χ1v) is 7.04. The number of halogens is 3. The number of alkyl halides is 3. The van der Waals surface area contributed by atoms with Crippen molar-refractivity contribution in [2.45, 2.75) is 19.1 Å². The molecule has 0 aromatic carbocycles. The Hall–Kier alpha value is -2.16. The van der Waals surface area contributed by atoms with E-state index in [1.54, 1.807) is 0 Å². The van der Waals surface area contributed by atoms with Crippen LogP contribution in [0.15, 0.2) is 12.1 Å². The van der Waals surface area contributed by atoms with Gasteiger partial charge in [0, 0.05) is 26.7 Å². The number of hydrogen-bond acceptors (Lipinski definition) is 4. The van der Waals surface area contributed by atoms with Crippen LogP contribution in [0.4, 0.5) is 13.2 Å². The van der Waals surface area contributed by atoms with Crippen LogP contribution in [-0.4, -0.2) is 54.4 Å². The lowest BCUT2D eigenvalue weighted by Crippen LogP contribution is -2.59. The van der Waals surface area contributed by atoms with Crippen LogP contribution < -0.4 is 10.6 Å². The number of hydrogen-bond donors (Lipinski definition) is 2. The first-order valence-electron chi connectivity index (χ1n) is 7.04. The lowest BCUT2D eigenvalue weighted by atomic mass is 10.1. The Morgan fingerprint density at radius 1 is 1.39 bits per heavy atom. The maximum atomic E-state index is 12.6. The standard InChI is InChI=1S/C14H17F3N4O2/c1-8-9(3-4-11(20-8)14(15,16)17)13(23)21-6-5-19-7-10(21)12(22)18-2/h3-4,10,19H,5-7H2,1-2H3,(H,18,22). The highest BCUT2D eigenvalue weighted by Gasteiger charge is 2.35. The van der Waals surface area contributed by atoms with Crippen molar-refractivity contribution in [3.05, 3.63) is 29.1 Å². The molecular weight excluding hydrogens is 313 g/mol. The number of pyridine rings is 1. The minimum atomic E-state index is -4.56. The van der Waals surface area contributed by atoms with E-state index in [9.17, 15) is 22.8 Å². The van der Waals surface area contributed by atoms with Crippen LogP contribution >= 0.6 is 0 Å². The molecule has 9 heteroatoms. The summed E-state index contributed by atoms with van der Waals surface area (Å²) in [7, 11) is 1.46. The first-order chi connectivity index (χ1) is 10.8. The number of rotatable bonds is 2. The maximum absolute atomic E-state index is 12.6. The van der Waals surface area contributed by atoms with Crippen molar-refractivity contribution >= 4 is 11.8 Å². The number of aryl methyl sites for hydroxylation is 1. The van der Waals surface area contributed by atoms with Crippen LogP contribution in [0.2, 0.25) is 0 Å². The van der Waals surface area contributed by atoms with Crippen LogP contribution in [0.1, 0.15) is 21.7 Å². The SMILES string of the molecule is CNC(=O)C1CNCCN1C(=O)c1ccc(C(F)(F)F)nc1C. The van der Waals surface area contributed by atoms with Gasteiger partial charge in [0.05, 0.1) is 11.3 Å². The van der Waals surface area contributed by atoms with Gasteiger partial charge in [-0.25, -0.2) is 4.98 Å². The quantitative estimate of drug-likeness (QED) is 0.831. The van der Waals surface area contributed by atoms with Gasteiger partial charge in [0.2, 0.25) is 5.91 Å². The van der Waals surface area contributed by atoms with Gasteiger partial charge in [-0.15, -0.1) is 0 Å². The van der Waals surface area contributed by atoms with Crippen molar-refractivity contribution in [3.63, 3.8) is 0 Å². The van der Waals surface area contributed by atoms with Crippen LogP contribution in [0.5, 0.6) is 0 Å². The zero-order valence-corrected chi connectivity index (χ0v) is 12.7. The highest BCUT2D eigenvalue weighted by molar-refractivity contribution is 5.98. The summed E-state index contributed by atoms with van der Waals surface area (Å²) in [6.45, 7) is 2.43. The zero-order valence-electron chi connectivity index (χ0n) is 12.7. The van der Waals surface area contributed by atoms with Crippen molar-refractivity contribution in [2.24, 2.45) is 0 Å². The van der Waals surface area contributed by atoms with Gasteiger partial charge in [0.1, 0.15) is 11.7 Å². The molecule has 2 amide bonds. The van der Waals surface area contributed by atoms with E-state index < -0.39 is 23.8 Å². The molecule has 1 atom stereocenters. The van der Waals surface area contributed by atoms with Gasteiger partial charge >= 0.3 is 6.18 Å². The lowest BCUT2D eigenvalue weighted by Gasteiger charge is -2.35. The summed E-state index contributed by atoms with van der Waals surface area (Å²) in [5.41, 5.74) is -0.998. The Labute approximate surface area is 131 Å². The Morgan fingerprint density at radius 2 is 2.09 bits per heavy atom. The highest BCUT2D eigenvalue weighted by Crippen LogP contribution is 2.28. The third-order valence-electron chi connectivity index (χ3n) is 3.66. The number of amides is 2. The molecule has 23 heavy (non-hydrogen) atoms. The second kappa shape index (κ2) is 6.53. The zero-order chi connectivity index (χ0) is 17.2. The Balaban J connectivity index is 2.30. The third kappa shape index (κ3) is 3.61. The number of carbonyl (C=O) groups excluding carboxylic acids is 2. The van der Waals surface area contributed by atoms with E-state index in [2.05, 4.69) is 15.6 Å². The van der Waals surface area contributed by atoms with Crippen molar-refractivity contribution in [1.82, 2.24) is 20.5 Å². The Kier molecular flexibility index (Phi) is 4.88. The molecule has 1 aromatic rings. The monoisotopic (exact) mass is 330 g/mol. The third-order valence-corrected chi connectivity index (χ3v) is 3.66. The molecule has 126 valence electrons. The Bertz CT molecular complexity index is 619. The second-order valence-electron chi connectivity index (χ2n) is 5.16. The van der Waals surface area contributed by atoms with Gasteiger partial charge in [-0.05, 0) is 19.1 Å². The summed E-state index contributed by atoms with van der Waals surface area (Å²) < 4.78 is 37.9. The minimum absolute atomic E-state index is 0.0148. The summed E-state index contributed by atoms with van der Waals surface area (Å²) in [6.07, 6.45) is -4.56. The summed E-state index contributed by atoms with van der Waals surface area (Å²) in [5.74, 6) is -0.832. The van der Waals surface area contributed by atoms with Crippen molar-refractivity contribution in [3.8, 4) is 0 Å². The van der Waals surface area contributed by atoms with Gasteiger partial charge in [-0.1, -0.05) is 0 Å². The molecule has 2 rings (SSSR count). The van der Waals surface area contributed by atoms with Crippen molar-refractivity contribution < 1.29 is 22.8 Å². The highest BCUT2D eigenvalue weighted by atomic mass is 19.4. The van der Waals surface area contributed by atoms with Gasteiger partial charge in [0.25, 0.3) is 5.91 Å². The molecule has 0 aliphatic carbocycles. The van der Waals surface area contributed by atoms with Crippen LogP contribution in [0, 0.1) is 6.92 Å². The van der Waals surface area contributed by atoms with Crippen LogP contribution in [0.25, 0.3) is 0 Å². The van der Waals surface area contributed by atoms with E-state index >= 15 is 0 Å². The van der Waals surface area contributed by atoms with Crippen molar-refractivity contribution in [1.29, 1.82) is 0 Å². The summed E-state index contributed by atoms with van der Waals surface area (Å²) in [5, 5.41) is 5.49. The molecule has 1 fully saturated rings. The minimum Gasteiger partial charge on any atom is -0.357 e. The molecule has 0 saturated carbocycles. The van der Waals surface area contributed by atoms with E-state index in [4.69, 9.17) is 0 Å². The van der Waals surface area contributed by atoms with E-state index in [0.717, 1.165) is 12.1 Å². The van der Waals surface area contributed by atoms with E-state index in [1.165, 1.54) is 18.9 Å². The van der Waals surface area contributed by atoms with Gasteiger partial charge in [0.15, 0.2) is 0 Å². The summed E-state index contributed by atoms with van der Waals surface area (Å²) >= 11 is 0. The molecule has 2 heterocycles. The molecule has 1 saturated heterocycles. The number of nitrogens with one attached hydrogen (secondary N) is 2. The van der Waals surface area contributed by atoms with E-state index in [1.807, 2.05) is 0 Å². The lowest BCUT2D eigenvalue weighted by molar-refractivity contribution is -0.141. The van der Waals surface area contributed by atoms with Crippen LogP contribution in [0.3, 0.4) is 0 Å². The average molecular weight is 330 g/mol. The molecule has 6 nitrogen and oxygen atoms in total. The first kappa shape index (κ1) is 17.2. The molecule has 1 aromatic heterocycles. The molecule has 0 spiro atoms. The summed E-state index contributed by atoms with van der Waals surface area (Å²) in [4.78, 5) is 29.3. The number of aromatic nitrogens is 1. The number of piperazine rings is 1. The Morgan fingerprint density at radius 3 is 2.65 bits per heavy atom. The van der Waals surface area contributed by atoms with Crippen LogP contribution in [-0.2, 0) is 11.0 Å². The predicted octanol–water partition coefficient (Wildman–Crippen LogP) is 0.569. The van der Waals surface area contributed by atoms with E-state index in [0.29, 0.717) is 13.1 Å². The van der Waals surface area contributed by atoms with Crippen molar-refractivity contribution in [2.75, 3.05) is 26.7 Å². The smallest absolute Gasteiger partial charge is 0.357 e. The normalized spacial score (nSPS) is 18.7. The molecule has 2 N–H and O–H groups in total. The number of likely N-dealkylation sites (N-methyl/N-ethyl adjacent to an activating group) is 1. The molecule has 1 aliphatic heterocycles. The molecule has 1 aliphatic rings. The molecule has 0 radical (unpaired) electrons. The topological polar surface area (TPSA) is 74.3 Å². The van der Waals surface area contributed by atoms with E-state index in [-0.39, 0.29) is 23.7 Å². The van der Waals surface area contributed by atoms with Gasteiger partial charge < -0.3 is 15.5 Å².